The maximum atomic E-state index is 12.6. The van der Waals surface area contributed by atoms with Gasteiger partial charge in [-0.05, 0) is 18.2 Å². The number of benzene rings is 1. The number of nitrogens with zero attached hydrogens (tertiary/aromatic N) is 2. The predicted octanol–water partition coefficient (Wildman–Crippen LogP) is 1.65. The van der Waals surface area contributed by atoms with Gasteiger partial charge >= 0.3 is 5.97 Å². The average molecular weight is 373 g/mol. The Hall–Kier alpha value is -3.20. The minimum Gasteiger partial charge on any atom is -0.481 e. The fourth-order valence-electron chi connectivity index (χ4n) is 2.33. The number of aromatic nitrogens is 2. The SMILES string of the molecule is COC(=O)COc1cccc2c(=O)n(CC(=O)Nc3nccs3)ccc12. The Morgan fingerprint density at radius 3 is 2.85 bits per heavy atom. The van der Waals surface area contributed by atoms with E-state index < -0.39 is 5.97 Å². The van der Waals surface area contributed by atoms with Crippen molar-refractivity contribution in [1.82, 2.24) is 9.55 Å². The van der Waals surface area contributed by atoms with Gasteiger partial charge in [0.2, 0.25) is 5.91 Å². The van der Waals surface area contributed by atoms with Crippen LogP contribution in [0.1, 0.15) is 0 Å². The van der Waals surface area contributed by atoms with Crippen molar-refractivity contribution in [1.29, 1.82) is 0 Å². The summed E-state index contributed by atoms with van der Waals surface area (Å²) in [6.45, 7) is -0.392. The summed E-state index contributed by atoms with van der Waals surface area (Å²) >= 11 is 1.30. The minimum absolute atomic E-state index is 0.137. The van der Waals surface area contributed by atoms with Gasteiger partial charge in [0.1, 0.15) is 12.3 Å². The summed E-state index contributed by atoms with van der Waals surface area (Å²) in [6.07, 6.45) is 3.09. The molecule has 0 fully saturated rings. The number of esters is 1. The number of amides is 1. The summed E-state index contributed by atoms with van der Waals surface area (Å²) < 4.78 is 11.2. The molecule has 0 saturated carbocycles. The second kappa shape index (κ2) is 7.79. The van der Waals surface area contributed by atoms with Gasteiger partial charge in [-0.25, -0.2) is 9.78 Å². The van der Waals surface area contributed by atoms with Crippen molar-refractivity contribution in [2.24, 2.45) is 0 Å². The van der Waals surface area contributed by atoms with Crippen molar-refractivity contribution >= 4 is 39.1 Å². The summed E-state index contributed by atoms with van der Waals surface area (Å²) in [5, 5.41) is 5.79. The van der Waals surface area contributed by atoms with E-state index in [2.05, 4.69) is 15.0 Å². The fourth-order valence-corrected chi connectivity index (χ4v) is 2.88. The van der Waals surface area contributed by atoms with Crippen LogP contribution in [0.25, 0.3) is 10.8 Å². The van der Waals surface area contributed by atoms with E-state index in [-0.39, 0.29) is 24.6 Å². The first-order valence-electron chi connectivity index (χ1n) is 7.59. The first kappa shape index (κ1) is 17.6. The van der Waals surface area contributed by atoms with Gasteiger partial charge in [0.25, 0.3) is 5.56 Å². The maximum Gasteiger partial charge on any atom is 0.343 e. The van der Waals surface area contributed by atoms with Crippen LogP contribution in [0.4, 0.5) is 5.13 Å². The topological polar surface area (TPSA) is 99.5 Å². The molecular weight excluding hydrogens is 358 g/mol. The van der Waals surface area contributed by atoms with Gasteiger partial charge in [-0.2, -0.15) is 0 Å². The van der Waals surface area contributed by atoms with Crippen LogP contribution in [0.5, 0.6) is 5.75 Å². The van der Waals surface area contributed by atoms with E-state index in [1.165, 1.54) is 29.2 Å². The van der Waals surface area contributed by atoms with Crippen molar-refractivity contribution < 1.29 is 19.1 Å². The molecule has 0 aliphatic heterocycles. The zero-order valence-electron chi connectivity index (χ0n) is 13.8. The third-order valence-electron chi connectivity index (χ3n) is 3.54. The molecule has 8 nitrogen and oxygen atoms in total. The number of pyridine rings is 1. The van der Waals surface area contributed by atoms with Crippen molar-refractivity contribution in [2.45, 2.75) is 6.54 Å². The second-order valence-corrected chi connectivity index (χ2v) is 6.11. The third-order valence-corrected chi connectivity index (χ3v) is 4.23. The molecule has 134 valence electrons. The number of rotatable bonds is 6. The maximum absolute atomic E-state index is 12.6. The number of ether oxygens (including phenoxy) is 2. The highest BCUT2D eigenvalue weighted by molar-refractivity contribution is 7.13. The Kier molecular flexibility index (Phi) is 5.28. The van der Waals surface area contributed by atoms with Gasteiger partial charge in [0, 0.05) is 23.2 Å². The number of carbonyl (C=O) groups is 2. The number of fused-ring (bicyclic) bond motifs is 1. The lowest BCUT2D eigenvalue weighted by Crippen LogP contribution is -2.27. The van der Waals surface area contributed by atoms with Gasteiger partial charge in [0.15, 0.2) is 11.7 Å². The van der Waals surface area contributed by atoms with Crippen molar-refractivity contribution in [3.63, 3.8) is 0 Å². The molecule has 9 heteroatoms. The van der Waals surface area contributed by atoms with Crippen molar-refractivity contribution in [2.75, 3.05) is 19.0 Å². The van der Waals surface area contributed by atoms with E-state index >= 15 is 0 Å². The van der Waals surface area contributed by atoms with E-state index in [1.54, 1.807) is 35.8 Å². The lowest BCUT2D eigenvalue weighted by Gasteiger charge is -2.10. The van der Waals surface area contributed by atoms with Gasteiger partial charge in [-0.15, -0.1) is 11.3 Å². The average Bonchev–Trinajstić information content (AvgIpc) is 3.15. The summed E-state index contributed by atoms with van der Waals surface area (Å²) in [7, 11) is 1.27. The molecule has 0 saturated heterocycles. The lowest BCUT2D eigenvalue weighted by atomic mass is 10.1. The highest BCUT2D eigenvalue weighted by Crippen LogP contribution is 2.23. The minimum atomic E-state index is -0.519. The quantitative estimate of drug-likeness (QED) is 0.660. The Morgan fingerprint density at radius 1 is 1.27 bits per heavy atom. The normalized spacial score (nSPS) is 10.5. The van der Waals surface area contributed by atoms with Gasteiger partial charge < -0.3 is 19.4 Å². The highest BCUT2D eigenvalue weighted by Gasteiger charge is 2.12. The van der Waals surface area contributed by atoms with E-state index in [1.807, 2.05) is 0 Å². The molecule has 26 heavy (non-hydrogen) atoms. The molecule has 0 aliphatic carbocycles. The molecule has 0 radical (unpaired) electrons. The molecule has 3 aromatic rings. The number of nitrogens with one attached hydrogen (secondary N) is 1. The first-order chi connectivity index (χ1) is 12.6. The fraction of sp³-hybridized carbons (Fsp3) is 0.176. The highest BCUT2D eigenvalue weighted by atomic mass is 32.1. The summed E-state index contributed by atoms with van der Waals surface area (Å²) in [5.41, 5.74) is -0.333. The van der Waals surface area contributed by atoms with E-state index in [9.17, 15) is 14.4 Å². The number of hydrogen-bond donors (Lipinski definition) is 1. The Balaban J connectivity index is 1.83. The zero-order chi connectivity index (χ0) is 18.5. The largest absolute Gasteiger partial charge is 0.481 e. The smallest absolute Gasteiger partial charge is 0.343 e. The van der Waals surface area contributed by atoms with Crippen LogP contribution in [0.15, 0.2) is 46.8 Å². The van der Waals surface area contributed by atoms with E-state index in [0.29, 0.717) is 21.7 Å². The number of hydrogen-bond acceptors (Lipinski definition) is 7. The second-order valence-electron chi connectivity index (χ2n) is 5.22. The summed E-state index contributed by atoms with van der Waals surface area (Å²) in [6, 6.07) is 6.61. The summed E-state index contributed by atoms with van der Waals surface area (Å²) in [4.78, 5) is 39.9. The molecule has 0 aliphatic rings. The Morgan fingerprint density at radius 2 is 2.12 bits per heavy atom. The standard InChI is InChI=1S/C17H15N3O5S/c1-24-15(22)10-25-13-4-2-3-12-11(13)5-7-20(16(12)23)9-14(21)19-17-18-6-8-26-17/h2-8H,9-10H2,1H3,(H,18,19,21). The first-order valence-corrected chi connectivity index (χ1v) is 8.47. The summed E-state index contributed by atoms with van der Waals surface area (Å²) in [5.74, 6) is -0.474. The van der Waals surface area contributed by atoms with Crippen LogP contribution >= 0.6 is 11.3 Å². The van der Waals surface area contributed by atoms with Crippen LogP contribution < -0.4 is 15.6 Å². The molecule has 0 unspecified atom stereocenters. The molecule has 2 heterocycles. The van der Waals surface area contributed by atoms with Crippen LogP contribution in [0.3, 0.4) is 0 Å². The molecular formula is C17H15N3O5S. The number of thiazole rings is 1. The van der Waals surface area contributed by atoms with Gasteiger partial charge in [0.05, 0.1) is 12.5 Å². The van der Waals surface area contributed by atoms with Crippen LogP contribution in [0, 0.1) is 0 Å². The molecule has 1 aromatic carbocycles. The van der Waals surface area contributed by atoms with E-state index in [4.69, 9.17) is 4.74 Å². The molecule has 0 atom stereocenters. The Bertz CT molecular complexity index is 997. The molecule has 1 N–H and O–H groups in total. The molecule has 3 rings (SSSR count). The van der Waals surface area contributed by atoms with Crippen LogP contribution in [-0.4, -0.2) is 35.1 Å². The number of anilines is 1. The molecule has 1 amide bonds. The Labute approximate surface area is 152 Å². The number of carbonyl (C=O) groups excluding carboxylic acids is 2. The lowest BCUT2D eigenvalue weighted by molar-refractivity contribution is -0.142. The predicted molar refractivity (Wildman–Crippen MR) is 96.5 cm³/mol. The van der Waals surface area contributed by atoms with Crippen molar-refractivity contribution in [3.8, 4) is 5.75 Å². The van der Waals surface area contributed by atoms with Crippen LogP contribution in [0.2, 0.25) is 0 Å². The third kappa shape index (κ3) is 3.89. The van der Waals surface area contributed by atoms with Crippen LogP contribution in [-0.2, 0) is 20.9 Å². The van der Waals surface area contributed by atoms with Crippen molar-refractivity contribution in [3.05, 3.63) is 52.4 Å². The zero-order valence-corrected chi connectivity index (χ0v) is 14.6. The number of methoxy groups -OCH3 is 1. The monoisotopic (exact) mass is 373 g/mol. The van der Waals surface area contributed by atoms with E-state index in [0.717, 1.165) is 0 Å². The molecule has 0 bridgehead atoms. The molecule has 0 spiro atoms. The van der Waals surface area contributed by atoms with Gasteiger partial charge in [-0.3, -0.25) is 9.59 Å². The van der Waals surface area contributed by atoms with Gasteiger partial charge in [-0.1, -0.05) is 6.07 Å². The molecule has 2 aromatic heterocycles.